The number of anilines is 2. The van der Waals surface area contributed by atoms with Gasteiger partial charge in [0.25, 0.3) is 0 Å². The first kappa shape index (κ1) is 19.0. The van der Waals surface area contributed by atoms with Crippen molar-refractivity contribution >= 4 is 28.8 Å². The van der Waals surface area contributed by atoms with Gasteiger partial charge in [0.1, 0.15) is 5.82 Å². The summed E-state index contributed by atoms with van der Waals surface area (Å²) in [7, 11) is 0. The number of hydrogen-bond acceptors (Lipinski definition) is 6. The summed E-state index contributed by atoms with van der Waals surface area (Å²) in [6, 6.07) is 11.8. The molecule has 5 nitrogen and oxygen atoms in total. The van der Waals surface area contributed by atoms with E-state index in [0.29, 0.717) is 6.61 Å². The van der Waals surface area contributed by atoms with Crippen LogP contribution in [-0.2, 0) is 22.4 Å². The summed E-state index contributed by atoms with van der Waals surface area (Å²) in [6.45, 7) is 6.33. The Hall–Kier alpha value is -2.73. The van der Waals surface area contributed by atoms with Crippen LogP contribution in [0.5, 0.6) is 0 Å². The van der Waals surface area contributed by atoms with Crippen LogP contribution in [0.3, 0.4) is 0 Å². The lowest BCUT2D eigenvalue weighted by molar-refractivity contribution is -0.142. The lowest BCUT2D eigenvalue weighted by Gasteiger charge is -2.14. The van der Waals surface area contributed by atoms with Crippen LogP contribution in [-0.4, -0.2) is 22.5 Å². The summed E-state index contributed by atoms with van der Waals surface area (Å²) in [4.78, 5) is 22.1. The summed E-state index contributed by atoms with van der Waals surface area (Å²) in [5.74, 6) is 1.35. The second kappa shape index (κ2) is 8.77. The van der Waals surface area contributed by atoms with Crippen LogP contribution in [0.25, 0.3) is 10.7 Å². The fourth-order valence-corrected chi connectivity index (χ4v) is 3.52. The highest BCUT2D eigenvalue weighted by Gasteiger charge is 2.13. The van der Waals surface area contributed by atoms with Gasteiger partial charge >= 0.3 is 5.97 Å². The number of aryl methyl sites for hydroxylation is 1. The van der Waals surface area contributed by atoms with E-state index >= 15 is 0 Å². The van der Waals surface area contributed by atoms with Crippen molar-refractivity contribution in [3.05, 3.63) is 58.6 Å². The minimum atomic E-state index is -0.210. The quantitative estimate of drug-likeness (QED) is 0.588. The molecule has 0 amide bonds. The SMILES string of the molecule is CCOC(=O)Cc1ccc(Nc2nc(-c3cccs3)nc(C)c2CC)cc1. The van der Waals surface area contributed by atoms with Gasteiger partial charge in [0.2, 0.25) is 0 Å². The highest BCUT2D eigenvalue weighted by Crippen LogP contribution is 2.27. The van der Waals surface area contributed by atoms with Crippen LogP contribution in [0, 0.1) is 6.92 Å². The topological polar surface area (TPSA) is 64.1 Å². The standard InChI is InChI=1S/C21H23N3O2S/c1-4-17-14(3)22-21(18-7-6-12-27-18)24-20(17)23-16-10-8-15(9-11-16)13-19(25)26-5-2/h6-12H,4-5,13H2,1-3H3,(H,22,23,24). The van der Waals surface area contributed by atoms with Crippen molar-refractivity contribution in [2.45, 2.75) is 33.6 Å². The van der Waals surface area contributed by atoms with Crippen LogP contribution >= 0.6 is 11.3 Å². The lowest BCUT2D eigenvalue weighted by Crippen LogP contribution is -2.07. The Bertz CT molecular complexity index is 906. The van der Waals surface area contributed by atoms with Crippen LogP contribution in [0.2, 0.25) is 0 Å². The second-order valence-corrected chi connectivity index (χ2v) is 7.04. The molecule has 1 aromatic carbocycles. The highest BCUT2D eigenvalue weighted by atomic mass is 32.1. The smallest absolute Gasteiger partial charge is 0.310 e. The molecule has 3 aromatic rings. The van der Waals surface area contributed by atoms with Crippen molar-refractivity contribution in [2.75, 3.05) is 11.9 Å². The molecule has 0 aliphatic heterocycles. The predicted octanol–water partition coefficient (Wildman–Crippen LogP) is 4.93. The zero-order valence-electron chi connectivity index (χ0n) is 15.8. The molecule has 0 saturated carbocycles. The number of thiophene rings is 1. The van der Waals surface area contributed by atoms with Crippen molar-refractivity contribution in [3.8, 4) is 10.7 Å². The summed E-state index contributed by atoms with van der Waals surface area (Å²) in [6.07, 6.45) is 1.13. The molecule has 0 aliphatic carbocycles. The number of benzene rings is 1. The molecule has 1 N–H and O–H groups in total. The molecule has 3 rings (SSSR count). The van der Waals surface area contributed by atoms with Gasteiger partial charge < -0.3 is 10.1 Å². The van der Waals surface area contributed by atoms with E-state index in [1.165, 1.54) is 0 Å². The largest absolute Gasteiger partial charge is 0.466 e. The molecule has 0 bridgehead atoms. The second-order valence-electron chi connectivity index (χ2n) is 6.09. The average Bonchev–Trinajstić information content (AvgIpc) is 3.18. The van der Waals surface area contributed by atoms with E-state index in [-0.39, 0.29) is 12.4 Å². The van der Waals surface area contributed by atoms with Crippen LogP contribution < -0.4 is 5.32 Å². The molecular formula is C21H23N3O2S. The van der Waals surface area contributed by atoms with Crippen LogP contribution in [0.1, 0.15) is 30.7 Å². The lowest BCUT2D eigenvalue weighted by atomic mass is 10.1. The van der Waals surface area contributed by atoms with Gasteiger partial charge in [-0.25, -0.2) is 9.97 Å². The van der Waals surface area contributed by atoms with E-state index in [2.05, 4.69) is 17.2 Å². The number of hydrogen-bond donors (Lipinski definition) is 1. The number of aromatic nitrogens is 2. The van der Waals surface area contributed by atoms with Crippen molar-refractivity contribution in [2.24, 2.45) is 0 Å². The molecule has 140 valence electrons. The maximum Gasteiger partial charge on any atom is 0.310 e. The van der Waals surface area contributed by atoms with Crippen molar-refractivity contribution in [1.82, 2.24) is 9.97 Å². The zero-order chi connectivity index (χ0) is 19.2. The minimum Gasteiger partial charge on any atom is -0.466 e. The van der Waals surface area contributed by atoms with Gasteiger partial charge in [-0.3, -0.25) is 4.79 Å². The van der Waals surface area contributed by atoms with Gasteiger partial charge in [0, 0.05) is 16.9 Å². The molecule has 0 fully saturated rings. The number of nitrogens with one attached hydrogen (secondary N) is 1. The first-order chi connectivity index (χ1) is 13.1. The number of ether oxygens (including phenoxy) is 1. The number of esters is 1. The molecule has 27 heavy (non-hydrogen) atoms. The summed E-state index contributed by atoms with van der Waals surface area (Å²) >= 11 is 1.63. The Morgan fingerprint density at radius 2 is 1.93 bits per heavy atom. The summed E-state index contributed by atoms with van der Waals surface area (Å²) in [5, 5.41) is 5.43. The van der Waals surface area contributed by atoms with E-state index in [0.717, 1.165) is 45.4 Å². The van der Waals surface area contributed by atoms with Crippen LogP contribution in [0.15, 0.2) is 41.8 Å². The fourth-order valence-electron chi connectivity index (χ4n) is 2.86. The Balaban J connectivity index is 1.83. The third-order valence-corrected chi connectivity index (χ3v) is 5.05. The molecule has 0 unspecified atom stereocenters. The van der Waals surface area contributed by atoms with Gasteiger partial charge in [0.05, 0.1) is 17.9 Å². The van der Waals surface area contributed by atoms with Crippen molar-refractivity contribution < 1.29 is 9.53 Å². The molecule has 0 radical (unpaired) electrons. The van der Waals surface area contributed by atoms with Crippen LogP contribution in [0.4, 0.5) is 11.5 Å². The summed E-state index contributed by atoms with van der Waals surface area (Å²) in [5.41, 5.74) is 3.93. The first-order valence-electron chi connectivity index (χ1n) is 9.03. The van der Waals surface area contributed by atoms with E-state index in [4.69, 9.17) is 9.72 Å². The predicted molar refractivity (Wildman–Crippen MR) is 110 cm³/mol. The molecule has 0 atom stereocenters. The Morgan fingerprint density at radius 3 is 2.56 bits per heavy atom. The monoisotopic (exact) mass is 381 g/mol. The third kappa shape index (κ3) is 4.71. The van der Waals surface area contributed by atoms with Gasteiger partial charge in [-0.2, -0.15) is 0 Å². The van der Waals surface area contributed by atoms with E-state index in [1.54, 1.807) is 11.3 Å². The Labute approximate surface area is 163 Å². The van der Waals surface area contributed by atoms with Crippen molar-refractivity contribution in [3.63, 3.8) is 0 Å². The van der Waals surface area contributed by atoms with E-state index in [1.807, 2.05) is 55.6 Å². The van der Waals surface area contributed by atoms with Gasteiger partial charge in [0.15, 0.2) is 5.82 Å². The molecule has 2 aromatic heterocycles. The van der Waals surface area contributed by atoms with Gasteiger partial charge in [-0.1, -0.05) is 25.1 Å². The van der Waals surface area contributed by atoms with Crippen molar-refractivity contribution in [1.29, 1.82) is 0 Å². The molecular weight excluding hydrogens is 358 g/mol. The Morgan fingerprint density at radius 1 is 1.15 bits per heavy atom. The van der Waals surface area contributed by atoms with Gasteiger partial charge in [-0.05, 0) is 49.4 Å². The maximum absolute atomic E-state index is 11.6. The normalized spacial score (nSPS) is 10.6. The molecule has 0 aliphatic rings. The highest BCUT2D eigenvalue weighted by molar-refractivity contribution is 7.13. The Kier molecular flexibility index (Phi) is 6.19. The zero-order valence-corrected chi connectivity index (χ0v) is 16.6. The summed E-state index contributed by atoms with van der Waals surface area (Å²) < 4.78 is 4.99. The molecule has 2 heterocycles. The number of carbonyl (C=O) groups excluding carboxylic acids is 1. The average molecular weight is 382 g/mol. The fraction of sp³-hybridized carbons (Fsp3) is 0.286. The number of carbonyl (C=O) groups is 1. The first-order valence-corrected chi connectivity index (χ1v) is 9.91. The number of rotatable bonds is 7. The van der Waals surface area contributed by atoms with E-state index < -0.39 is 0 Å². The third-order valence-electron chi connectivity index (χ3n) is 4.18. The van der Waals surface area contributed by atoms with E-state index in [9.17, 15) is 4.79 Å². The minimum absolute atomic E-state index is 0.210. The molecule has 0 saturated heterocycles. The maximum atomic E-state index is 11.6. The number of nitrogens with zero attached hydrogens (tertiary/aromatic N) is 2. The molecule has 0 spiro atoms. The molecule has 6 heteroatoms. The van der Waals surface area contributed by atoms with Gasteiger partial charge in [-0.15, -0.1) is 11.3 Å².